The summed E-state index contributed by atoms with van der Waals surface area (Å²) in [6.07, 6.45) is -1.27. The summed E-state index contributed by atoms with van der Waals surface area (Å²) in [5.74, 6) is -0.379. The number of hydrogen-bond acceptors (Lipinski definition) is 5. The van der Waals surface area contributed by atoms with E-state index in [1.165, 1.54) is 0 Å². The minimum atomic E-state index is -1.27. The summed E-state index contributed by atoms with van der Waals surface area (Å²) < 4.78 is 1.71. The Balaban J connectivity index is 1.63. The largest absolute Gasteiger partial charge is 0.465 e. The predicted octanol–water partition coefficient (Wildman–Crippen LogP) is 3.49. The molecule has 168 valence electrons. The van der Waals surface area contributed by atoms with Gasteiger partial charge < -0.3 is 20.6 Å². The maximum Gasteiger partial charge on any atom is 0.405 e. The minimum absolute atomic E-state index is 0.123. The number of carbonyl (C=O) groups is 2. The summed E-state index contributed by atoms with van der Waals surface area (Å²) in [6, 6.07) is 23.4. The van der Waals surface area contributed by atoms with Crippen LogP contribution in [-0.4, -0.2) is 39.5 Å². The van der Waals surface area contributed by atoms with Gasteiger partial charge in [0.05, 0.1) is 40.4 Å². The Labute approximate surface area is 194 Å². The Morgan fingerprint density at radius 2 is 1.79 bits per heavy atom. The minimum Gasteiger partial charge on any atom is -0.465 e. The van der Waals surface area contributed by atoms with Gasteiger partial charge in [-0.3, -0.25) is 4.79 Å². The van der Waals surface area contributed by atoms with Crippen LogP contribution in [0.4, 0.5) is 16.2 Å². The molecule has 3 aromatic carbocycles. The van der Waals surface area contributed by atoms with E-state index in [1.54, 1.807) is 21.7 Å². The van der Waals surface area contributed by atoms with E-state index in [2.05, 4.69) is 16.7 Å². The molecule has 0 aliphatic carbocycles. The molecule has 1 aromatic heterocycles. The number of carboxylic acid groups (broad SMARTS) is 1. The van der Waals surface area contributed by atoms with E-state index in [0.717, 1.165) is 16.6 Å². The maximum absolute atomic E-state index is 13.4. The summed E-state index contributed by atoms with van der Waals surface area (Å²) in [4.78, 5) is 26.3. The molecular formula is C25H20N6O3. The quantitative estimate of drug-likeness (QED) is 0.436. The number of nitriles is 1. The molecule has 34 heavy (non-hydrogen) atoms. The number of amides is 2. The maximum atomic E-state index is 13.4. The van der Waals surface area contributed by atoms with Gasteiger partial charge in [-0.05, 0) is 30.3 Å². The average Bonchev–Trinajstić information content (AvgIpc) is 3.17. The van der Waals surface area contributed by atoms with Crippen LogP contribution >= 0.6 is 0 Å². The van der Waals surface area contributed by atoms with E-state index in [1.807, 2.05) is 60.7 Å². The molecular weight excluding hydrogens is 432 g/mol. The summed E-state index contributed by atoms with van der Waals surface area (Å²) >= 11 is 0. The Kier molecular flexibility index (Phi) is 5.32. The molecule has 0 saturated carbocycles. The third-order valence-corrected chi connectivity index (χ3v) is 5.78. The van der Waals surface area contributed by atoms with Crippen LogP contribution in [0.1, 0.15) is 11.3 Å². The van der Waals surface area contributed by atoms with E-state index >= 15 is 0 Å². The van der Waals surface area contributed by atoms with Gasteiger partial charge in [-0.2, -0.15) is 10.4 Å². The third-order valence-electron chi connectivity index (χ3n) is 5.78. The van der Waals surface area contributed by atoms with E-state index in [0.29, 0.717) is 22.6 Å². The first-order chi connectivity index (χ1) is 16.6. The molecule has 1 aliphatic heterocycles. The third kappa shape index (κ3) is 3.67. The number of carbonyl (C=O) groups excluding carboxylic acids is 1. The molecule has 2 amide bonds. The first-order valence-corrected chi connectivity index (χ1v) is 10.7. The Hall–Kier alpha value is -4.84. The highest BCUT2D eigenvalue weighted by Gasteiger charge is 2.32. The SMILES string of the molecule is N#Cc1ccccc1-n1nc(CN2C(=O)[C@@H](NC(=O)O)CNc3ccccc32)c2ccccc21. The monoisotopic (exact) mass is 452 g/mol. The summed E-state index contributed by atoms with van der Waals surface area (Å²) in [5, 5.41) is 29.9. The van der Waals surface area contributed by atoms with Gasteiger partial charge in [0.1, 0.15) is 12.1 Å². The second kappa shape index (κ2) is 8.60. The van der Waals surface area contributed by atoms with Crippen LogP contribution in [0.2, 0.25) is 0 Å². The second-order valence-electron chi connectivity index (χ2n) is 7.83. The molecule has 3 N–H and O–H groups in total. The molecule has 2 heterocycles. The zero-order valence-corrected chi connectivity index (χ0v) is 18.0. The van der Waals surface area contributed by atoms with E-state index < -0.39 is 12.1 Å². The lowest BCUT2D eigenvalue weighted by molar-refractivity contribution is -0.120. The zero-order valence-electron chi connectivity index (χ0n) is 18.0. The van der Waals surface area contributed by atoms with Crippen molar-refractivity contribution in [3.05, 3.63) is 84.1 Å². The molecule has 9 nitrogen and oxygen atoms in total. The van der Waals surface area contributed by atoms with Gasteiger partial charge in [0.25, 0.3) is 5.91 Å². The van der Waals surface area contributed by atoms with Crippen LogP contribution in [0, 0.1) is 11.3 Å². The molecule has 0 spiro atoms. The fourth-order valence-corrected chi connectivity index (χ4v) is 4.22. The number of benzene rings is 3. The van der Waals surface area contributed by atoms with Crippen LogP contribution in [0.25, 0.3) is 16.6 Å². The number of nitrogens with zero attached hydrogens (tertiary/aromatic N) is 4. The standard InChI is InChI=1S/C25H20N6O3/c26-13-16-7-1-4-10-21(16)31-22-11-5-2-8-17(22)20(29-31)15-30-23-12-6-3-9-18(23)27-14-19(24(30)32)28-25(33)34/h1-12,19,27-28H,14-15H2,(H,33,34)/t19-/m0/s1. The number of rotatable bonds is 4. The van der Waals surface area contributed by atoms with Crippen LogP contribution in [0.15, 0.2) is 72.8 Å². The normalized spacial score (nSPS) is 15.2. The van der Waals surface area contributed by atoms with Crippen LogP contribution in [0.5, 0.6) is 0 Å². The lowest BCUT2D eigenvalue weighted by Gasteiger charge is -2.24. The van der Waals surface area contributed by atoms with Crippen molar-refractivity contribution in [2.24, 2.45) is 0 Å². The highest BCUT2D eigenvalue weighted by Crippen LogP contribution is 2.32. The number of anilines is 2. The number of hydrogen-bond donors (Lipinski definition) is 3. The molecule has 9 heteroatoms. The molecule has 0 bridgehead atoms. The highest BCUT2D eigenvalue weighted by molar-refractivity contribution is 6.03. The van der Waals surface area contributed by atoms with Crippen molar-refractivity contribution in [1.82, 2.24) is 15.1 Å². The van der Waals surface area contributed by atoms with Crippen LogP contribution in [-0.2, 0) is 11.3 Å². The van der Waals surface area contributed by atoms with Crippen molar-refractivity contribution in [2.75, 3.05) is 16.8 Å². The Morgan fingerprint density at radius 1 is 1.09 bits per heavy atom. The average molecular weight is 452 g/mol. The van der Waals surface area contributed by atoms with Crippen molar-refractivity contribution in [3.63, 3.8) is 0 Å². The van der Waals surface area contributed by atoms with Crippen molar-refractivity contribution in [1.29, 1.82) is 5.26 Å². The Bertz CT molecular complexity index is 1450. The van der Waals surface area contributed by atoms with Crippen molar-refractivity contribution >= 4 is 34.3 Å². The van der Waals surface area contributed by atoms with Gasteiger partial charge in [-0.1, -0.05) is 42.5 Å². The van der Waals surface area contributed by atoms with Gasteiger partial charge in [0.2, 0.25) is 0 Å². The molecule has 5 rings (SSSR count). The van der Waals surface area contributed by atoms with E-state index in [4.69, 9.17) is 5.10 Å². The lowest BCUT2D eigenvalue weighted by atomic mass is 10.1. The van der Waals surface area contributed by atoms with E-state index in [-0.39, 0.29) is 19.0 Å². The number of fused-ring (bicyclic) bond motifs is 2. The van der Waals surface area contributed by atoms with Gasteiger partial charge >= 0.3 is 6.09 Å². The fraction of sp³-hybridized carbons (Fsp3) is 0.120. The van der Waals surface area contributed by atoms with Crippen LogP contribution in [0.3, 0.4) is 0 Å². The van der Waals surface area contributed by atoms with Gasteiger partial charge in [0.15, 0.2) is 0 Å². The second-order valence-corrected chi connectivity index (χ2v) is 7.83. The molecule has 1 atom stereocenters. The highest BCUT2D eigenvalue weighted by atomic mass is 16.4. The number of aromatic nitrogens is 2. The van der Waals surface area contributed by atoms with Gasteiger partial charge in [0, 0.05) is 11.9 Å². The van der Waals surface area contributed by atoms with Crippen molar-refractivity contribution in [3.8, 4) is 11.8 Å². The van der Waals surface area contributed by atoms with Crippen molar-refractivity contribution in [2.45, 2.75) is 12.6 Å². The smallest absolute Gasteiger partial charge is 0.405 e. The molecule has 0 unspecified atom stereocenters. The molecule has 0 fully saturated rings. The predicted molar refractivity (Wildman–Crippen MR) is 127 cm³/mol. The van der Waals surface area contributed by atoms with Crippen molar-refractivity contribution < 1.29 is 14.7 Å². The summed E-state index contributed by atoms with van der Waals surface area (Å²) in [7, 11) is 0. The fourth-order valence-electron chi connectivity index (χ4n) is 4.22. The molecule has 0 saturated heterocycles. The van der Waals surface area contributed by atoms with Gasteiger partial charge in [-0.15, -0.1) is 0 Å². The number of nitrogens with one attached hydrogen (secondary N) is 2. The topological polar surface area (TPSA) is 123 Å². The molecule has 1 aliphatic rings. The zero-order chi connectivity index (χ0) is 23.7. The van der Waals surface area contributed by atoms with Gasteiger partial charge in [-0.25, -0.2) is 9.48 Å². The summed E-state index contributed by atoms with van der Waals surface area (Å²) in [6.45, 7) is 0.251. The first-order valence-electron chi connectivity index (χ1n) is 10.7. The first kappa shape index (κ1) is 21.0. The lowest BCUT2D eigenvalue weighted by Crippen LogP contribution is -2.50. The molecule has 0 radical (unpaired) electrons. The van der Waals surface area contributed by atoms with E-state index in [9.17, 15) is 20.0 Å². The molecule has 4 aromatic rings. The van der Waals surface area contributed by atoms with Crippen LogP contribution < -0.4 is 15.5 Å². The number of para-hydroxylation sites is 4. The summed E-state index contributed by atoms with van der Waals surface area (Å²) in [5.41, 5.74) is 3.91. The Morgan fingerprint density at radius 3 is 2.59 bits per heavy atom.